The van der Waals surface area contributed by atoms with Gasteiger partial charge in [0.2, 0.25) is 11.8 Å². The van der Waals surface area contributed by atoms with Gasteiger partial charge in [0.25, 0.3) is 0 Å². The average molecular weight is 589 g/mol. The standard InChI is InChI=1S/C30H41ClN4O4S/c1-20(19-35-12-14-39-15-13-35)26(36)11-10-24(21-6-4-3-5-7-21)34-30(38)22(16-28(37)32-2)17-29-33-25-9-8-23(31)18-27(25)40-29/h8-9,18,21-22,24H,1,3-7,10-17,19H2,2H3,(H,32,37)(H,34,38)/t22-,24+/m0/s1. The Labute approximate surface area is 245 Å². The number of carbonyl (C=O) groups excluding carboxylic acids is 3. The summed E-state index contributed by atoms with van der Waals surface area (Å²) in [6.45, 7) is 7.60. The molecular formula is C30H41ClN4O4S. The maximum atomic E-state index is 13.7. The molecule has 2 heterocycles. The van der Waals surface area contributed by atoms with Gasteiger partial charge in [-0.05, 0) is 43.4 Å². The second-order valence-electron chi connectivity index (χ2n) is 11.0. The van der Waals surface area contributed by atoms with Gasteiger partial charge in [0.05, 0.1) is 34.4 Å². The maximum Gasteiger partial charge on any atom is 0.224 e. The van der Waals surface area contributed by atoms with Crippen LogP contribution in [0.5, 0.6) is 0 Å². The van der Waals surface area contributed by atoms with E-state index in [9.17, 15) is 14.4 Å². The SMILES string of the molecule is C=C(CN1CCOCC1)C(=O)CC[C@@H](NC(=O)[C@@H](CC(=O)NC)Cc1nc2ccc(Cl)cc2s1)C1CCCCC1. The van der Waals surface area contributed by atoms with E-state index in [0.29, 0.717) is 55.5 Å². The molecule has 2 amide bonds. The zero-order valence-corrected chi connectivity index (χ0v) is 25.0. The summed E-state index contributed by atoms with van der Waals surface area (Å²) in [5.41, 5.74) is 1.45. The minimum Gasteiger partial charge on any atom is -0.379 e. The highest BCUT2D eigenvalue weighted by Gasteiger charge is 2.30. The van der Waals surface area contributed by atoms with Crippen LogP contribution >= 0.6 is 22.9 Å². The van der Waals surface area contributed by atoms with Crippen LogP contribution < -0.4 is 10.6 Å². The molecule has 1 aliphatic heterocycles. The number of hydrogen-bond acceptors (Lipinski definition) is 7. The average Bonchev–Trinajstić information content (AvgIpc) is 3.36. The number of nitrogens with zero attached hydrogens (tertiary/aromatic N) is 2. The number of nitrogens with one attached hydrogen (secondary N) is 2. The van der Waals surface area contributed by atoms with Gasteiger partial charge in [-0.15, -0.1) is 11.3 Å². The second kappa shape index (κ2) is 15.1. The molecule has 2 aliphatic rings. The summed E-state index contributed by atoms with van der Waals surface area (Å²) in [6.07, 6.45) is 6.89. The Morgan fingerprint density at radius 1 is 1.20 bits per heavy atom. The van der Waals surface area contributed by atoms with E-state index in [2.05, 4.69) is 27.1 Å². The lowest BCUT2D eigenvalue weighted by molar-refractivity contribution is -0.131. The lowest BCUT2D eigenvalue weighted by Crippen LogP contribution is -2.45. The fourth-order valence-electron chi connectivity index (χ4n) is 5.67. The van der Waals surface area contributed by atoms with Gasteiger partial charge in [-0.3, -0.25) is 19.3 Å². The Kier molecular flexibility index (Phi) is 11.5. The second-order valence-corrected chi connectivity index (χ2v) is 12.5. The quantitative estimate of drug-likeness (QED) is 0.333. The summed E-state index contributed by atoms with van der Waals surface area (Å²) in [5.74, 6) is -0.530. The number of carbonyl (C=O) groups is 3. The van der Waals surface area contributed by atoms with Crippen molar-refractivity contribution in [3.8, 4) is 0 Å². The molecule has 0 bridgehead atoms. The molecule has 1 saturated heterocycles. The van der Waals surface area contributed by atoms with Crippen molar-refractivity contribution in [2.24, 2.45) is 11.8 Å². The smallest absolute Gasteiger partial charge is 0.224 e. The van der Waals surface area contributed by atoms with E-state index in [1.807, 2.05) is 12.1 Å². The van der Waals surface area contributed by atoms with Gasteiger partial charge in [-0.2, -0.15) is 0 Å². The summed E-state index contributed by atoms with van der Waals surface area (Å²) < 4.78 is 6.36. The summed E-state index contributed by atoms with van der Waals surface area (Å²) in [7, 11) is 1.58. The van der Waals surface area contributed by atoms with Gasteiger partial charge in [0, 0.05) is 62.6 Å². The summed E-state index contributed by atoms with van der Waals surface area (Å²) in [5, 5.41) is 7.37. The molecule has 2 aromatic rings. The van der Waals surface area contributed by atoms with Crippen LogP contribution in [0, 0.1) is 11.8 Å². The first-order valence-corrected chi connectivity index (χ1v) is 15.6. The van der Waals surface area contributed by atoms with Crippen molar-refractivity contribution >= 4 is 50.8 Å². The van der Waals surface area contributed by atoms with Crippen LogP contribution in [0.25, 0.3) is 10.2 Å². The number of amides is 2. The maximum absolute atomic E-state index is 13.7. The number of Topliss-reactive ketones (excluding diaryl/α,β-unsaturated/α-hetero) is 1. The monoisotopic (exact) mass is 588 g/mol. The van der Waals surface area contributed by atoms with Crippen molar-refractivity contribution in [2.75, 3.05) is 39.9 Å². The molecule has 1 saturated carbocycles. The molecule has 1 aromatic heterocycles. The molecule has 8 nitrogen and oxygen atoms in total. The third kappa shape index (κ3) is 8.83. The molecule has 10 heteroatoms. The van der Waals surface area contributed by atoms with Crippen LogP contribution in [0.15, 0.2) is 30.4 Å². The highest BCUT2D eigenvalue weighted by molar-refractivity contribution is 7.18. The van der Waals surface area contributed by atoms with E-state index < -0.39 is 5.92 Å². The third-order valence-electron chi connectivity index (χ3n) is 8.04. The summed E-state index contributed by atoms with van der Waals surface area (Å²) >= 11 is 7.64. The van der Waals surface area contributed by atoms with Crippen LogP contribution in [0.3, 0.4) is 0 Å². The van der Waals surface area contributed by atoms with Crippen molar-refractivity contribution in [2.45, 2.75) is 63.8 Å². The van der Waals surface area contributed by atoms with E-state index in [0.717, 1.165) is 54.0 Å². The third-order valence-corrected chi connectivity index (χ3v) is 9.31. The molecule has 40 heavy (non-hydrogen) atoms. The van der Waals surface area contributed by atoms with E-state index in [-0.39, 0.29) is 30.1 Å². The summed E-state index contributed by atoms with van der Waals surface area (Å²) in [4.78, 5) is 46.0. The van der Waals surface area contributed by atoms with Gasteiger partial charge in [0.1, 0.15) is 0 Å². The molecule has 1 aromatic carbocycles. The predicted octanol–water partition coefficient (Wildman–Crippen LogP) is 4.55. The highest BCUT2D eigenvalue weighted by Crippen LogP contribution is 2.30. The lowest BCUT2D eigenvalue weighted by Gasteiger charge is -2.32. The fraction of sp³-hybridized carbons (Fsp3) is 0.600. The number of benzene rings is 1. The Balaban J connectivity index is 1.42. The molecule has 1 aliphatic carbocycles. The first-order chi connectivity index (χ1) is 19.3. The van der Waals surface area contributed by atoms with Gasteiger partial charge >= 0.3 is 0 Å². The fourth-order valence-corrected chi connectivity index (χ4v) is 6.99. The topological polar surface area (TPSA) is 101 Å². The van der Waals surface area contributed by atoms with Crippen LogP contribution in [0.1, 0.15) is 56.4 Å². The number of hydrogen-bond donors (Lipinski definition) is 2. The zero-order valence-electron chi connectivity index (χ0n) is 23.4. The van der Waals surface area contributed by atoms with Gasteiger partial charge in [0.15, 0.2) is 5.78 Å². The lowest BCUT2D eigenvalue weighted by atomic mass is 9.81. The minimum atomic E-state index is -0.561. The van der Waals surface area contributed by atoms with Crippen molar-refractivity contribution in [1.82, 2.24) is 20.5 Å². The largest absolute Gasteiger partial charge is 0.379 e. The Hall–Kier alpha value is -2.33. The molecule has 0 unspecified atom stereocenters. The minimum absolute atomic E-state index is 0.0524. The van der Waals surface area contributed by atoms with Gasteiger partial charge in [-0.1, -0.05) is 37.4 Å². The zero-order chi connectivity index (χ0) is 28.5. The molecule has 2 atom stereocenters. The summed E-state index contributed by atoms with van der Waals surface area (Å²) in [6, 6.07) is 5.42. The van der Waals surface area contributed by atoms with Crippen LogP contribution in [0.2, 0.25) is 5.02 Å². The number of morpholine rings is 1. The molecule has 218 valence electrons. The highest BCUT2D eigenvalue weighted by atomic mass is 35.5. The van der Waals surface area contributed by atoms with Crippen molar-refractivity contribution in [1.29, 1.82) is 0 Å². The van der Waals surface area contributed by atoms with E-state index >= 15 is 0 Å². The van der Waals surface area contributed by atoms with E-state index in [4.69, 9.17) is 16.3 Å². The van der Waals surface area contributed by atoms with E-state index in [1.54, 1.807) is 13.1 Å². The van der Waals surface area contributed by atoms with E-state index in [1.165, 1.54) is 17.8 Å². The molecule has 2 N–H and O–H groups in total. The predicted molar refractivity (Wildman–Crippen MR) is 160 cm³/mol. The Morgan fingerprint density at radius 3 is 2.67 bits per heavy atom. The van der Waals surface area contributed by atoms with Crippen molar-refractivity contribution in [3.05, 3.63) is 40.4 Å². The van der Waals surface area contributed by atoms with Crippen LogP contribution in [-0.2, 0) is 25.5 Å². The normalized spacial score (nSPS) is 18.2. The first-order valence-electron chi connectivity index (χ1n) is 14.4. The number of rotatable bonds is 13. The Morgan fingerprint density at radius 2 is 1.95 bits per heavy atom. The number of halogens is 1. The van der Waals surface area contributed by atoms with Gasteiger partial charge < -0.3 is 15.4 Å². The molecule has 0 radical (unpaired) electrons. The van der Waals surface area contributed by atoms with Gasteiger partial charge in [-0.25, -0.2) is 4.98 Å². The first kappa shape index (κ1) is 30.6. The number of ketones is 1. The van der Waals surface area contributed by atoms with Crippen molar-refractivity contribution in [3.63, 3.8) is 0 Å². The van der Waals surface area contributed by atoms with Crippen LogP contribution in [-0.4, -0.2) is 73.4 Å². The number of fused-ring (bicyclic) bond motifs is 1. The number of aromatic nitrogens is 1. The van der Waals surface area contributed by atoms with Crippen molar-refractivity contribution < 1.29 is 19.1 Å². The molecular weight excluding hydrogens is 548 g/mol. The van der Waals surface area contributed by atoms with Crippen LogP contribution in [0.4, 0.5) is 0 Å². The number of ether oxygens (including phenoxy) is 1. The Bertz CT molecular complexity index is 1190. The number of thiazole rings is 1. The molecule has 2 fully saturated rings. The molecule has 4 rings (SSSR count). The molecule has 0 spiro atoms.